The molecule has 1 aromatic heterocycles. The summed E-state index contributed by atoms with van der Waals surface area (Å²) in [7, 11) is 0. The molecule has 0 spiro atoms. The van der Waals surface area contributed by atoms with E-state index in [1.54, 1.807) is 24.2 Å². The second-order valence-electron chi connectivity index (χ2n) is 4.57. The summed E-state index contributed by atoms with van der Waals surface area (Å²) in [5, 5.41) is 3.80. The Hall–Kier alpha value is -0.680. The highest BCUT2D eigenvalue weighted by Gasteiger charge is 2.28. The standard InChI is InChI=1S/C14H20N2OS2/c1-2-18-13-5-3-4-12(13)16-14(17)10-19-11-6-8-15-9-7-11/h6-9,12-13H,2-5,10H2,1H3,(H,16,17)/t12-,13-/m0/s1. The molecule has 1 N–H and O–H groups in total. The summed E-state index contributed by atoms with van der Waals surface area (Å²) in [6.07, 6.45) is 7.11. The molecule has 0 aromatic carbocycles. The summed E-state index contributed by atoms with van der Waals surface area (Å²) in [6, 6.07) is 4.24. The predicted molar refractivity (Wildman–Crippen MR) is 82.7 cm³/mol. The van der Waals surface area contributed by atoms with E-state index in [2.05, 4.69) is 17.2 Å². The summed E-state index contributed by atoms with van der Waals surface area (Å²) >= 11 is 3.54. The Kier molecular flexibility index (Phi) is 6.04. The Bertz CT molecular complexity index is 400. The third kappa shape index (κ3) is 4.73. The Balaban J connectivity index is 1.75. The van der Waals surface area contributed by atoms with Gasteiger partial charge in [-0.15, -0.1) is 11.8 Å². The highest BCUT2D eigenvalue weighted by molar-refractivity contribution is 8.00. The molecule has 2 atom stereocenters. The lowest BCUT2D eigenvalue weighted by molar-refractivity contribution is -0.119. The van der Waals surface area contributed by atoms with Crippen LogP contribution in [0.5, 0.6) is 0 Å². The molecule has 0 radical (unpaired) electrons. The second-order valence-corrected chi connectivity index (χ2v) is 7.14. The number of hydrogen-bond acceptors (Lipinski definition) is 4. The van der Waals surface area contributed by atoms with Crippen molar-refractivity contribution in [1.29, 1.82) is 0 Å². The summed E-state index contributed by atoms with van der Waals surface area (Å²) < 4.78 is 0. The minimum absolute atomic E-state index is 0.149. The van der Waals surface area contributed by atoms with E-state index in [-0.39, 0.29) is 5.91 Å². The molecule has 2 rings (SSSR count). The number of nitrogens with one attached hydrogen (secondary N) is 1. The van der Waals surface area contributed by atoms with E-state index in [9.17, 15) is 4.79 Å². The monoisotopic (exact) mass is 296 g/mol. The van der Waals surface area contributed by atoms with Crippen LogP contribution in [0.25, 0.3) is 0 Å². The molecular weight excluding hydrogens is 276 g/mol. The molecule has 5 heteroatoms. The molecule has 1 aliphatic carbocycles. The molecule has 0 bridgehead atoms. The number of carbonyl (C=O) groups excluding carboxylic acids is 1. The summed E-state index contributed by atoms with van der Waals surface area (Å²) in [5.74, 6) is 1.77. The number of rotatable bonds is 6. The Labute approximate surface area is 123 Å². The van der Waals surface area contributed by atoms with Crippen molar-refractivity contribution in [1.82, 2.24) is 10.3 Å². The van der Waals surface area contributed by atoms with Gasteiger partial charge in [-0.25, -0.2) is 0 Å². The van der Waals surface area contributed by atoms with Crippen LogP contribution in [0.15, 0.2) is 29.4 Å². The van der Waals surface area contributed by atoms with Crippen molar-refractivity contribution in [3.63, 3.8) is 0 Å². The number of aromatic nitrogens is 1. The Morgan fingerprint density at radius 2 is 2.21 bits per heavy atom. The van der Waals surface area contributed by atoms with Crippen LogP contribution >= 0.6 is 23.5 Å². The van der Waals surface area contributed by atoms with Crippen LogP contribution in [0, 0.1) is 0 Å². The molecule has 1 aromatic rings. The summed E-state index contributed by atoms with van der Waals surface area (Å²) in [6.45, 7) is 2.18. The molecule has 104 valence electrons. The normalized spacial score (nSPS) is 22.4. The van der Waals surface area contributed by atoms with Crippen molar-refractivity contribution >= 4 is 29.4 Å². The van der Waals surface area contributed by atoms with E-state index >= 15 is 0 Å². The molecule has 3 nitrogen and oxygen atoms in total. The van der Waals surface area contributed by atoms with Gasteiger partial charge in [-0.1, -0.05) is 13.3 Å². The van der Waals surface area contributed by atoms with Gasteiger partial charge in [-0.3, -0.25) is 9.78 Å². The molecule has 1 aliphatic rings. The molecule has 19 heavy (non-hydrogen) atoms. The van der Waals surface area contributed by atoms with E-state index in [1.807, 2.05) is 23.9 Å². The summed E-state index contributed by atoms with van der Waals surface area (Å²) in [5.41, 5.74) is 0. The van der Waals surface area contributed by atoms with Gasteiger partial charge in [0, 0.05) is 28.6 Å². The molecule has 1 amide bonds. The van der Waals surface area contributed by atoms with Crippen LogP contribution < -0.4 is 5.32 Å². The first-order valence-electron chi connectivity index (χ1n) is 6.73. The highest BCUT2D eigenvalue weighted by Crippen LogP contribution is 2.30. The molecule has 0 aliphatic heterocycles. The van der Waals surface area contributed by atoms with Gasteiger partial charge in [-0.05, 0) is 30.7 Å². The molecule has 1 heterocycles. The van der Waals surface area contributed by atoms with Crippen molar-refractivity contribution in [3.8, 4) is 0 Å². The zero-order valence-corrected chi connectivity index (χ0v) is 12.8. The van der Waals surface area contributed by atoms with Gasteiger partial charge in [0.2, 0.25) is 5.91 Å². The Morgan fingerprint density at radius 3 is 2.95 bits per heavy atom. The van der Waals surface area contributed by atoms with Gasteiger partial charge in [0.05, 0.1) is 5.75 Å². The van der Waals surface area contributed by atoms with Crippen molar-refractivity contribution in [2.45, 2.75) is 42.4 Å². The molecule has 0 saturated heterocycles. The average molecular weight is 296 g/mol. The van der Waals surface area contributed by atoms with Crippen LogP contribution in [0.1, 0.15) is 26.2 Å². The van der Waals surface area contributed by atoms with Crippen molar-refractivity contribution < 1.29 is 4.79 Å². The number of amides is 1. The average Bonchev–Trinajstić information content (AvgIpc) is 2.85. The fourth-order valence-corrected chi connectivity index (χ4v) is 4.23. The number of hydrogen-bond donors (Lipinski definition) is 1. The van der Waals surface area contributed by atoms with Gasteiger partial charge in [-0.2, -0.15) is 11.8 Å². The second kappa shape index (κ2) is 7.80. The Morgan fingerprint density at radius 1 is 1.42 bits per heavy atom. The predicted octanol–water partition coefficient (Wildman–Crippen LogP) is 2.96. The quantitative estimate of drug-likeness (QED) is 0.820. The van der Waals surface area contributed by atoms with Crippen LogP contribution in [0.2, 0.25) is 0 Å². The van der Waals surface area contributed by atoms with Crippen molar-refractivity contribution in [2.75, 3.05) is 11.5 Å². The number of carbonyl (C=O) groups is 1. The molecular formula is C14H20N2OS2. The van der Waals surface area contributed by atoms with Crippen LogP contribution in [0.4, 0.5) is 0 Å². The first-order chi connectivity index (χ1) is 9.29. The van der Waals surface area contributed by atoms with E-state index in [0.29, 0.717) is 17.0 Å². The topological polar surface area (TPSA) is 42.0 Å². The smallest absolute Gasteiger partial charge is 0.230 e. The van der Waals surface area contributed by atoms with E-state index in [1.165, 1.54) is 12.8 Å². The number of nitrogens with zero attached hydrogens (tertiary/aromatic N) is 1. The highest BCUT2D eigenvalue weighted by atomic mass is 32.2. The van der Waals surface area contributed by atoms with Gasteiger partial charge < -0.3 is 5.32 Å². The number of thioether (sulfide) groups is 2. The first-order valence-corrected chi connectivity index (χ1v) is 8.77. The lowest BCUT2D eigenvalue weighted by Crippen LogP contribution is -2.39. The maximum absolute atomic E-state index is 12.0. The fourth-order valence-electron chi connectivity index (χ4n) is 2.34. The zero-order valence-electron chi connectivity index (χ0n) is 11.2. The maximum atomic E-state index is 12.0. The first kappa shape index (κ1) is 14.7. The lowest BCUT2D eigenvalue weighted by Gasteiger charge is -2.20. The largest absolute Gasteiger partial charge is 0.352 e. The van der Waals surface area contributed by atoms with Crippen molar-refractivity contribution in [2.24, 2.45) is 0 Å². The van der Waals surface area contributed by atoms with E-state index in [4.69, 9.17) is 0 Å². The van der Waals surface area contributed by atoms with E-state index < -0.39 is 0 Å². The number of pyridine rings is 1. The van der Waals surface area contributed by atoms with Gasteiger partial charge in [0.15, 0.2) is 0 Å². The van der Waals surface area contributed by atoms with Crippen LogP contribution in [0.3, 0.4) is 0 Å². The molecule has 1 saturated carbocycles. The van der Waals surface area contributed by atoms with Crippen molar-refractivity contribution in [3.05, 3.63) is 24.5 Å². The minimum Gasteiger partial charge on any atom is -0.352 e. The fraction of sp³-hybridized carbons (Fsp3) is 0.571. The molecule has 1 fully saturated rings. The zero-order chi connectivity index (χ0) is 13.5. The SMILES string of the molecule is CCS[C@H]1CCC[C@@H]1NC(=O)CSc1ccncc1. The van der Waals surface area contributed by atoms with Gasteiger partial charge >= 0.3 is 0 Å². The van der Waals surface area contributed by atoms with Gasteiger partial charge in [0.25, 0.3) is 0 Å². The summed E-state index contributed by atoms with van der Waals surface area (Å²) in [4.78, 5) is 17.0. The minimum atomic E-state index is 0.149. The lowest BCUT2D eigenvalue weighted by atomic mass is 10.2. The molecule has 0 unspecified atom stereocenters. The third-order valence-corrected chi connectivity index (χ3v) is 5.54. The van der Waals surface area contributed by atoms with Gasteiger partial charge in [0.1, 0.15) is 0 Å². The van der Waals surface area contributed by atoms with E-state index in [0.717, 1.165) is 17.1 Å². The van der Waals surface area contributed by atoms with Crippen LogP contribution in [-0.2, 0) is 4.79 Å². The van der Waals surface area contributed by atoms with Crippen LogP contribution in [-0.4, -0.2) is 33.7 Å². The third-order valence-electron chi connectivity index (χ3n) is 3.20. The maximum Gasteiger partial charge on any atom is 0.230 e.